The molecule has 128 valence electrons. The Bertz CT molecular complexity index is 652. The van der Waals surface area contributed by atoms with E-state index in [2.05, 4.69) is 73.8 Å². The van der Waals surface area contributed by atoms with Crippen LogP contribution >= 0.6 is 0 Å². The Morgan fingerprint density at radius 3 is 2.46 bits per heavy atom. The second-order valence-corrected chi connectivity index (χ2v) is 7.62. The van der Waals surface area contributed by atoms with Gasteiger partial charge in [0.15, 0.2) is 0 Å². The van der Waals surface area contributed by atoms with Gasteiger partial charge in [-0.15, -0.1) is 0 Å². The van der Waals surface area contributed by atoms with Crippen LogP contribution in [0.4, 0.5) is 0 Å². The fraction of sp³-hybridized carbons (Fsp3) is 0.455. The van der Waals surface area contributed by atoms with E-state index in [1.807, 2.05) is 0 Å². The van der Waals surface area contributed by atoms with Crippen LogP contribution in [0.25, 0.3) is 0 Å². The first kappa shape index (κ1) is 17.2. The van der Waals surface area contributed by atoms with Crippen molar-refractivity contribution < 1.29 is 0 Å². The summed E-state index contributed by atoms with van der Waals surface area (Å²) in [6, 6.07) is 19.9. The molecule has 1 aliphatic rings. The number of hydrogen-bond donors (Lipinski definition) is 2. The van der Waals surface area contributed by atoms with E-state index in [-0.39, 0.29) is 5.54 Å². The Morgan fingerprint density at radius 2 is 1.75 bits per heavy atom. The van der Waals surface area contributed by atoms with E-state index in [0.717, 1.165) is 6.42 Å². The van der Waals surface area contributed by atoms with Crippen LogP contribution in [0.5, 0.6) is 0 Å². The van der Waals surface area contributed by atoms with Crippen LogP contribution in [0, 0.1) is 5.92 Å². The van der Waals surface area contributed by atoms with Crippen molar-refractivity contribution >= 4 is 0 Å². The molecule has 3 unspecified atom stereocenters. The lowest BCUT2D eigenvalue weighted by molar-refractivity contribution is 0.245. The van der Waals surface area contributed by atoms with Crippen LogP contribution in [0.3, 0.4) is 0 Å². The molecule has 2 nitrogen and oxygen atoms in total. The largest absolute Gasteiger partial charge is 0.329 e. The lowest BCUT2D eigenvalue weighted by Crippen LogP contribution is -2.51. The number of hydrogen-bond acceptors (Lipinski definition) is 2. The molecule has 0 amide bonds. The summed E-state index contributed by atoms with van der Waals surface area (Å²) < 4.78 is 0. The highest BCUT2D eigenvalue weighted by molar-refractivity contribution is 5.29. The highest BCUT2D eigenvalue weighted by Crippen LogP contribution is 2.31. The van der Waals surface area contributed by atoms with E-state index in [1.54, 1.807) is 0 Å². The number of aryl methyl sites for hydroxylation is 1. The topological polar surface area (TPSA) is 38.0 Å². The Labute approximate surface area is 146 Å². The van der Waals surface area contributed by atoms with Gasteiger partial charge in [-0.05, 0) is 62.1 Å². The molecule has 2 aromatic rings. The SMILES string of the molecule is CC(NC(C)(CN)CC1CCc2ccccc2C1)c1ccccc1. The standard InChI is InChI=1S/C22H30N2/c1-17(19-8-4-3-5-9-19)24-22(2,16-23)15-18-12-13-20-10-6-7-11-21(20)14-18/h3-11,17-18,24H,12-16,23H2,1-2H3. The minimum atomic E-state index is -0.0216. The molecule has 0 fully saturated rings. The van der Waals surface area contributed by atoms with Crippen LogP contribution in [-0.2, 0) is 12.8 Å². The van der Waals surface area contributed by atoms with Crippen LogP contribution in [0.15, 0.2) is 54.6 Å². The van der Waals surface area contributed by atoms with E-state index >= 15 is 0 Å². The number of benzene rings is 2. The van der Waals surface area contributed by atoms with Crippen molar-refractivity contribution in [3.8, 4) is 0 Å². The third kappa shape index (κ3) is 4.06. The molecule has 0 bridgehead atoms. The van der Waals surface area contributed by atoms with Crippen LogP contribution in [0.1, 0.15) is 49.4 Å². The van der Waals surface area contributed by atoms with Crippen molar-refractivity contribution in [3.63, 3.8) is 0 Å². The monoisotopic (exact) mass is 322 g/mol. The molecule has 0 aromatic heterocycles. The summed E-state index contributed by atoms with van der Waals surface area (Å²) in [6.45, 7) is 5.19. The number of nitrogens with two attached hydrogens (primary N) is 1. The Morgan fingerprint density at radius 1 is 1.08 bits per heavy atom. The van der Waals surface area contributed by atoms with Crippen LogP contribution in [-0.4, -0.2) is 12.1 Å². The predicted octanol–water partition coefficient (Wildman–Crippen LogP) is 4.25. The lowest BCUT2D eigenvalue weighted by Gasteiger charge is -2.37. The molecule has 3 atom stereocenters. The number of nitrogens with one attached hydrogen (secondary N) is 1. The summed E-state index contributed by atoms with van der Waals surface area (Å²) in [5, 5.41) is 3.81. The van der Waals surface area contributed by atoms with Crippen molar-refractivity contribution in [2.24, 2.45) is 11.7 Å². The van der Waals surface area contributed by atoms with Crippen molar-refractivity contribution in [2.45, 2.75) is 51.1 Å². The second kappa shape index (κ2) is 7.50. The maximum absolute atomic E-state index is 6.18. The third-order valence-corrected chi connectivity index (χ3v) is 5.50. The maximum atomic E-state index is 6.18. The fourth-order valence-electron chi connectivity index (χ4n) is 4.13. The second-order valence-electron chi connectivity index (χ2n) is 7.62. The van der Waals surface area contributed by atoms with E-state index < -0.39 is 0 Å². The third-order valence-electron chi connectivity index (χ3n) is 5.50. The highest BCUT2D eigenvalue weighted by Gasteiger charge is 2.30. The highest BCUT2D eigenvalue weighted by atomic mass is 15.0. The predicted molar refractivity (Wildman–Crippen MR) is 102 cm³/mol. The molecule has 0 saturated carbocycles. The zero-order valence-corrected chi connectivity index (χ0v) is 15.0. The van der Waals surface area contributed by atoms with Gasteiger partial charge in [0.25, 0.3) is 0 Å². The average Bonchev–Trinajstić information content (AvgIpc) is 2.62. The summed E-state index contributed by atoms with van der Waals surface area (Å²) in [5.74, 6) is 0.712. The summed E-state index contributed by atoms with van der Waals surface area (Å²) in [4.78, 5) is 0. The van der Waals surface area contributed by atoms with E-state index in [1.165, 1.54) is 36.0 Å². The number of fused-ring (bicyclic) bond motifs is 1. The van der Waals surface area contributed by atoms with Gasteiger partial charge in [0, 0.05) is 18.1 Å². The summed E-state index contributed by atoms with van der Waals surface area (Å²) in [7, 11) is 0. The van der Waals surface area contributed by atoms with Gasteiger partial charge in [-0.2, -0.15) is 0 Å². The van der Waals surface area contributed by atoms with Crippen LogP contribution in [0.2, 0.25) is 0 Å². The minimum Gasteiger partial charge on any atom is -0.329 e. The van der Waals surface area contributed by atoms with Crippen molar-refractivity contribution in [1.29, 1.82) is 0 Å². The van der Waals surface area contributed by atoms with Gasteiger partial charge in [-0.3, -0.25) is 0 Å². The molecule has 1 aliphatic carbocycles. The molecular weight excluding hydrogens is 292 g/mol. The molecule has 0 saturated heterocycles. The minimum absolute atomic E-state index is 0.0216. The van der Waals surface area contributed by atoms with Crippen molar-refractivity contribution in [1.82, 2.24) is 5.32 Å². The van der Waals surface area contributed by atoms with Gasteiger partial charge in [0.05, 0.1) is 0 Å². The van der Waals surface area contributed by atoms with E-state index in [9.17, 15) is 0 Å². The van der Waals surface area contributed by atoms with Gasteiger partial charge < -0.3 is 11.1 Å². The molecule has 2 aromatic carbocycles. The average molecular weight is 322 g/mol. The van der Waals surface area contributed by atoms with E-state index in [4.69, 9.17) is 5.73 Å². The number of rotatable bonds is 6. The van der Waals surface area contributed by atoms with Gasteiger partial charge in [0.2, 0.25) is 0 Å². The van der Waals surface area contributed by atoms with Gasteiger partial charge in [0.1, 0.15) is 0 Å². The zero-order valence-electron chi connectivity index (χ0n) is 15.0. The smallest absolute Gasteiger partial charge is 0.0297 e. The van der Waals surface area contributed by atoms with Gasteiger partial charge >= 0.3 is 0 Å². The molecule has 0 spiro atoms. The first-order chi connectivity index (χ1) is 11.6. The Hall–Kier alpha value is -1.64. The summed E-state index contributed by atoms with van der Waals surface area (Å²) >= 11 is 0. The Balaban J connectivity index is 1.65. The van der Waals surface area contributed by atoms with Crippen molar-refractivity contribution in [2.75, 3.05) is 6.54 Å². The quantitative estimate of drug-likeness (QED) is 0.834. The molecule has 0 radical (unpaired) electrons. The molecule has 2 heteroatoms. The van der Waals surface area contributed by atoms with Gasteiger partial charge in [-0.1, -0.05) is 54.6 Å². The molecule has 3 N–H and O–H groups in total. The molecule has 3 rings (SSSR count). The molecule has 0 aliphatic heterocycles. The Kier molecular flexibility index (Phi) is 5.37. The maximum Gasteiger partial charge on any atom is 0.0297 e. The molecule has 24 heavy (non-hydrogen) atoms. The first-order valence-electron chi connectivity index (χ1n) is 9.19. The van der Waals surface area contributed by atoms with Crippen LogP contribution < -0.4 is 11.1 Å². The molecular formula is C22H30N2. The normalized spacial score (nSPS) is 20.9. The summed E-state index contributed by atoms with van der Waals surface area (Å²) in [6.07, 6.45) is 4.80. The van der Waals surface area contributed by atoms with Gasteiger partial charge in [-0.25, -0.2) is 0 Å². The zero-order chi connectivity index (χ0) is 17.0. The fourth-order valence-corrected chi connectivity index (χ4v) is 4.13. The van der Waals surface area contributed by atoms with E-state index in [0.29, 0.717) is 18.5 Å². The van der Waals surface area contributed by atoms with Crippen molar-refractivity contribution in [3.05, 3.63) is 71.3 Å². The summed E-state index contributed by atoms with van der Waals surface area (Å²) in [5.41, 5.74) is 10.6. The first-order valence-corrected chi connectivity index (χ1v) is 9.19. The molecule has 0 heterocycles. The lowest BCUT2D eigenvalue weighted by atomic mass is 9.77.